The van der Waals surface area contributed by atoms with E-state index >= 15 is 0 Å². The number of piperidine rings is 1. The van der Waals surface area contributed by atoms with Crippen LogP contribution in [0.25, 0.3) is 21.8 Å². The molecule has 1 amide bonds. The molecule has 3 heterocycles. The zero-order chi connectivity index (χ0) is 24.1. The van der Waals surface area contributed by atoms with Crippen LogP contribution in [-0.4, -0.2) is 57.8 Å². The second-order valence-electron chi connectivity index (χ2n) is 9.77. The quantitative estimate of drug-likeness (QED) is 0.446. The van der Waals surface area contributed by atoms with Crippen LogP contribution < -0.4 is 20.3 Å². The van der Waals surface area contributed by atoms with Gasteiger partial charge >= 0.3 is 0 Å². The molecule has 9 nitrogen and oxygen atoms in total. The molecule has 0 bridgehead atoms. The number of methoxy groups -OCH3 is 1. The lowest BCUT2D eigenvalue weighted by Crippen LogP contribution is -2.43. The topological polar surface area (TPSA) is 89.2 Å². The van der Waals surface area contributed by atoms with Crippen LogP contribution in [0, 0.1) is 0 Å². The van der Waals surface area contributed by atoms with E-state index < -0.39 is 0 Å². The molecule has 2 N–H and O–H groups in total. The van der Waals surface area contributed by atoms with Crippen molar-refractivity contribution in [2.45, 2.75) is 37.8 Å². The summed E-state index contributed by atoms with van der Waals surface area (Å²) >= 11 is 0. The molecule has 1 saturated carbocycles. The molecule has 1 aliphatic carbocycles. The van der Waals surface area contributed by atoms with Gasteiger partial charge in [0.05, 0.1) is 23.9 Å². The zero-order valence-corrected chi connectivity index (χ0v) is 20.4. The van der Waals surface area contributed by atoms with Gasteiger partial charge in [0.25, 0.3) is 5.91 Å². The van der Waals surface area contributed by atoms with Gasteiger partial charge in [0.2, 0.25) is 0 Å². The third kappa shape index (κ3) is 4.20. The lowest BCUT2D eigenvalue weighted by Gasteiger charge is -2.34. The highest BCUT2D eigenvalue weighted by Crippen LogP contribution is 2.34. The van der Waals surface area contributed by atoms with Crippen molar-refractivity contribution in [3.05, 3.63) is 42.2 Å². The Kier molecular flexibility index (Phi) is 5.36. The Morgan fingerprint density at radius 3 is 2.49 bits per heavy atom. The average molecular weight is 474 g/mol. The van der Waals surface area contributed by atoms with Crippen molar-refractivity contribution in [3.63, 3.8) is 0 Å². The van der Waals surface area contributed by atoms with E-state index in [9.17, 15) is 4.79 Å². The lowest BCUT2D eigenvalue weighted by molar-refractivity contribution is 0.102. The monoisotopic (exact) mass is 473 g/mol. The molecule has 9 heteroatoms. The van der Waals surface area contributed by atoms with E-state index in [4.69, 9.17) is 4.74 Å². The van der Waals surface area contributed by atoms with Gasteiger partial charge < -0.3 is 20.3 Å². The molecule has 0 unspecified atom stereocenters. The van der Waals surface area contributed by atoms with Gasteiger partial charge in [0.15, 0.2) is 0 Å². The van der Waals surface area contributed by atoms with Gasteiger partial charge in [-0.05, 0) is 43.9 Å². The number of hydrogen-bond donors (Lipinski definition) is 2. The molecule has 0 spiro atoms. The van der Waals surface area contributed by atoms with Crippen LogP contribution in [0.15, 0.2) is 36.7 Å². The minimum Gasteiger partial charge on any atom is -0.494 e. The van der Waals surface area contributed by atoms with E-state index in [1.165, 1.54) is 12.8 Å². The van der Waals surface area contributed by atoms with Gasteiger partial charge in [-0.25, -0.2) is 0 Å². The number of nitrogens with zero attached hydrogens (tertiary/aromatic N) is 5. The number of nitrogens with one attached hydrogen (secondary N) is 2. The number of aryl methyl sites for hydroxylation is 2. The summed E-state index contributed by atoms with van der Waals surface area (Å²) < 4.78 is 9.06. The minimum atomic E-state index is -0.214. The molecule has 4 aromatic rings. The van der Waals surface area contributed by atoms with Gasteiger partial charge in [-0.3, -0.25) is 14.2 Å². The number of fused-ring (bicyclic) bond motifs is 2. The van der Waals surface area contributed by atoms with E-state index in [-0.39, 0.29) is 5.91 Å². The first-order chi connectivity index (χ1) is 17.0. The predicted molar refractivity (Wildman–Crippen MR) is 137 cm³/mol. The molecular weight excluding hydrogens is 442 g/mol. The summed E-state index contributed by atoms with van der Waals surface area (Å²) in [4.78, 5) is 15.9. The second-order valence-corrected chi connectivity index (χ2v) is 9.77. The average Bonchev–Trinajstić information content (AvgIpc) is 3.45. The van der Waals surface area contributed by atoms with Crippen molar-refractivity contribution in [1.82, 2.24) is 24.9 Å². The number of anilines is 2. The highest BCUT2D eigenvalue weighted by atomic mass is 16.5. The number of benzene rings is 2. The van der Waals surface area contributed by atoms with Crippen LogP contribution >= 0.6 is 0 Å². The van der Waals surface area contributed by atoms with Crippen LogP contribution in [0.3, 0.4) is 0 Å². The maximum Gasteiger partial charge on any atom is 0.258 e. The van der Waals surface area contributed by atoms with Crippen LogP contribution in [0.2, 0.25) is 0 Å². The maximum atomic E-state index is 13.4. The first kappa shape index (κ1) is 21.9. The van der Waals surface area contributed by atoms with Crippen LogP contribution in [0.5, 0.6) is 5.75 Å². The number of ether oxygens (including phenoxy) is 1. The number of aromatic nitrogens is 4. The fourth-order valence-corrected chi connectivity index (χ4v) is 5.17. The van der Waals surface area contributed by atoms with Crippen LogP contribution in [0.4, 0.5) is 11.4 Å². The molecule has 0 atom stereocenters. The Morgan fingerprint density at radius 2 is 1.74 bits per heavy atom. The third-order valence-electron chi connectivity index (χ3n) is 7.09. The fraction of sp³-hybridized carbons (Fsp3) is 0.423. The van der Waals surface area contributed by atoms with E-state index in [2.05, 4.69) is 31.8 Å². The third-order valence-corrected chi connectivity index (χ3v) is 7.09. The molecule has 182 valence electrons. The number of carbonyl (C=O) groups excluding carboxylic acids is 1. The number of amides is 1. The number of hydrogen-bond acceptors (Lipinski definition) is 6. The largest absolute Gasteiger partial charge is 0.494 e. The summed E-state index contributed by atoms with van der Waals surface area (Å²) in [6.45, 7) is 2.00. The van der Waals surface area contributed by atoms with Crippen molar-refractivity contribution < 1.29 is 9.53 Å². The van der Waals surface area contributed by atoms with Crippen molar-refractivity contribution >= 4 is 39.1 Å². The van der Waals surface area contributed by atoms with Crippen LogP contribution in [0.1, 0.15) is 36.0 Å². The predicted octanol–water partition coefficient (Wildman–Crippen LogP) is 3.44. The Bertz CT molecular complexity index is 1410. The summed E-state index contributed by atoms with van der Waals surface area (Å²) in [6.07, 6.45) is 8.84. The molecule has 2 aromatic heterocycles. The highest BCUT2D eigenvalue weighted by molar-refractivity contribution is 6.14. The lowest BCUT2D eigenvalue weighted by atomic mass is 10.0. The van der Waals surface area contributed by atoms with Gasteiger partial charge in [0.1, 0.15) is 11.3 Å². The van der Waals surface area contributed by atoms with Crippen LogP contribution in [-0.2, 0) is 14.1 Å². The smallest absolute Gasteiger partial charge is 0.258 e. The van der Waals surface area contributed by atoms with E-state index in [1.807, 2.05) is 44.7 Å². The van der Waals surface area contributed by atoms with Crippen molar-refractivity contribution in [2.24, 2.45) is 14.1 Å². The summed E-state index contributed by atoms with van der Waals surface area (Å²) in [5.41, 5.74) is 3.82. The summed E-state index contributed by atoms with van der Waals surface area (Å²) in [7, 11) is 5.36. The molecule has 1 saturated heterocycles. The minimum absolute atomic E-state index is 0.214. The van der Waals surface area contributed by atoms with Gasteiger partial charge in [-0.2, -0.15) is 10.2 Å². The van der Waals surface area contributed by atoms with Gasteiger partial charge in [-0.1, -0.05) is 0 Å². The SMILES string of the molecule is COc1cc2nn(C)cc2cc1NC(=O)c1ccc(N2CCC(NC3CC3)CC2)c2cn(C)nc12. The van der Waals surface area contributed by atoms with Gasteiger partial charge in [0, 0.05) is 74.2 Å². The van der Waals surface area contributed by atoms with Gasteiger partial charge in [-0.15, -0.1) is 0 Å². The molecule has 2 aliphatic rings. The summed E-state index contributed by atoms with van der Waals surface area (Å²) in [6, 6.07) is 9.04. The zero-order valence-electron chi connectivity index (χ0n) is 20.4. The Hall–Kier alpha value is -3.59. The second kappa shape index (κ2) is 8.57. The molecule has 0 radical (unpaired) electrons. The molecular formula is C26H31N7O2. The standard InChI is InChI=1S/C26H31N7O2/c1-31-14-16-12-22(24(35-3)13-21(16)29-31)28-26(34)19-6-7-23(20-15-32(2)30-25(19)20)33-10-8-18(9-11-33)27-17-4-5-17/h6-7,12-15,17-18,27H,4-5,8-11H2,1-3H3,(H,28,34). The first-order valence-corrected chi connectivity index (χ1v) is 12.3. The van der Waals surface area contributed by atoms with E-state index in [0.717, 1.165) is 53.9 Å². The van der Waals surface area contributed by atoms with Crippen molar-refractivity contribution in [3.8, 4) is 5.75 Å². The molecule has 6 rings (SSSR count). The Balaban J connectivity index is 1.27. The Morgan fingerprint density at radius 1 is 1.00 bits per heavy atom. The summed E-state index contributed by atoms with van der Waals surface area (Å²) in [5, 5.41) is 17.8. The summed E-state index contributed by atoms with van der Waals surface area (Å²) in [5.74, 6) is 0.357. The fourth-order valence-electron chi connectivity index (χ4n) is 5.17. The molecule has 2 fully saturated rings. The molecule has 1 aliphatic heterocycles. The van der Waals surface area contributed by atoms with Crippen molar-refractivity contribution in [2.75, 3.05) is 30.4 Å². The van der Waals surface area contributed by atoms with Crippen molar-refractivity contribution in [1.29, 1.82) is 0 Å². The van der Waals surface area contributed by atoms with E-state index in [0.29, 0.717) is 28.6 Å². The molecule has 2 aromatic carbocycles. The number of carbonyl (C=O) groups is 1. The molecule has 35 heavy (non-hydrogen) atoms. The first-order valence-electron chi connectivity index (χ1n) is 12.3. The van der Waals surface area contributed by atoms with E-state index in [1.54, 1.807) is 16.5 Å². The maximum absolute atomic E-state index is 13.4. The normalized spacial score (nSPS) is 16.8. The highest BCUT2D eigenvalue weighted by Gasteiger charge is 2.28. The Labute approximate surface area is 204 Å². The number of rotatable bonds is 6.